The Balaban J connectivity index is 1.36. The highest BCUT2D eigenvalue weighted by Crippen LogP contribution is 2.35. The first-order valence-corrected chi connectivity index (χ1v) is 9.19. The Morgan fingerprint density at radius 1 is 1.07 bits per heavy atom. The van der Waals surface area contributed by atoms with Crippen LogP contribution in [0, 0.1) is 17.1 Å². The van der Waals surface area contributed by atoms with Crippen molar-refractivity contribution in [2.45, 2.75) is 12.5 Å². The van der Waals surface area contributed by atoms with E-state index in [2.05, 4.69) is 11.0 Å². The first-order valence-electron chi connectivity index (χ1n) is 9.19. The van der Waals surface area contributed by atoms with Crippen molar-refractivity contribution in [2.75, 3.05) is 33.0 Å². The van der Waals surface area contributed by atoms with E-state index in [0.29, 0.717) is 37.7 Å². The van der Waals surface area contributed by atoms with Crippen molar-refractivity contribution in [1.29, 1.82) is 5.26 Å². The maximum absolute atomic E-state index is 13.0. The number of carbonyl (C=O) groups excluding carboxylic acids is 1. The summed E-state index contributed by atoms with van der Waals surface area (Å²) < 4.78 is 23.7. The van der Waals surface area contributed by atoms with E-state index in [1.807, 2.05) is 18.2 Å². The van der Waals surface area contributed by atoms with Gasteiger partial charge in [-0.25, -0.2) is 4.39 Å². The third kappa shape index (κ3) is 3.78. The molecule has 0 radical (unpaired) electrons. The van der Waals surface area contributed by atoms with Crippen molar-refractivity contribution in [3.05, 3.63) is 59.4 Å². The lowest BCUT2D eigenvalue weighted by Crippen LogP contribution is -2.49. The zero-order chi connectivity index (χ0) is 19.5. The smallest absolute Gasteiger partial charge is 0.231 e. The fraction of sp³-hybridized carbons (Fsp3) is 0.333. The number of benzene rings is 2. The van der Waals surface area contributed by atoms with Gasteiger partial charge in [-0.1, -0.05) is 18.2 Å². The molecular formula is C21H20FN3O3. The van der Waals surface area contributed by atoms with E-state index in [1.54, 1.807) is 17.0 Å². The molecular weight excluding hydrogens is 361 g/mol. The summed E-state index contributed by atoms with van der Waals surface area (Å²) in [5, 5.41) is 9.70. The highest BCUT2D eigenvalue weighted by atomic mass is 19.1. The van der Waals surface area contributed by atoms with Gasteiger partial charge in [0, 0.05) is 26.2 Å². The molecule has 7 heteroatoms. The average molecular weight is 381 g/mol. The van der Waals surface area contributed by atoms with Crippen molar-refractivity contribution >= 4 is 5.91 Å². The van der Waals surface area contributed by atoms with Crippen LogP contribution in [0.2, 0.25) is 0 Å². The minimum absolute atomic E-state index is 0.0165. The van der Waals surface area contributed by atoms with Crippen molar-refractivity contribution in [2.24, 2.45) is 0 Å². The topological polar surface area (TPSA) is 65.8 Å². The Hall–Kier alpha value is -3.11. The molecule has 1 fully saturated rings. The first kappa shape index (κ1) is 18.3. The van der Waals surface area contributed by atoms with Gasteiger partial charge in [-0.05, 0) is 35.4 Å². The third-order valence-corrected chi connectivity index (χ3v) is 5.14. The third-order valence-electron chi connectivity index (χ3n) is 5.14. The molecule has 1 atom stereocenters. The molecule has 28 heavy (non-hydrogen) atoms. The molecule has 0 bridgehead atoms. The van der Waals surface area contributed by atoms with E-state index in [9.17, 15) is 14.4 Å². The monoisotopic (exact) mass is 381 g/mol. The molecule has 2 aromatic rings. The summed E-state index contributed by atoms with van der Waals surface area (Å²) in [6.07, 6.45) is 0.254. The molecule has 2 heterocycles. The second kappa shape index (κ2) is 7.87. The number of carbonyl (C=O) groups is 1. The van der Waals surface area contributed by atoms with Gasteiger partial charge in [0.2, 0.25) is 12.7 Å². The predicted molar refractivity (Wildman–Crippen MR) is 99.2 cm³/mol. The predicted octanol–water partition coefficient (Wildman–Crippen LogP) is 2.51. The molecule has 144 valence electrons. The van der Waals surface area contributed by atoms with Crippen LogP contribution < -0.4 is 9.47 Å². The molecule has 0 aromatic heterocycles. The lowest BCUT2D eigenvalue weighted by molar-refractivity contribution is -0.132. The van der Waals surface area contributed by atoms with Gasteiger partial charge >= 0.3 is 0 Å². The van der Waals surface area contributed by atoms with Gasteiger partial charge in [-0.15, -0.1) is 0 Å². The second-order valence-electron chi connectivity index (χ2n) is 6.86. The molecule has 4 rings (SSSR count). The summed E-state index contributed by atoms with van der Waals surface area (Å²) in [5.41, 5.74) is 1.65. The fourth-order valence-electron chi connectivity index (χ4n) is 3.57. The van der Waals surface area contributed by atoms with E-state index in [1.165, 1.54) is 12.1 Å². The summed E-state index contributed by atoms with van der Waals surface area (Å²) in [7, 11) is 0. The maximum Gasteiger partial charge on any atom is 0.231 e. The van der Waals surface area contributed by atoms with Crippen LogP contribution in [0.3, 0.4) is 0 Å². The second-order valence-corrected chi connectivity index (χ2v) is 6.86. The molecule has 0 N–H and O–H groups in total. The summed E-state index contributed by atoms with van der Waals surface area (Å²) in [4.78, 5) is 16.4. The van der Waals surface area contributed by atoms with Gasteiger partial charge in [0.15, 0.2) is 11.5 Å². The number of hydrogen-bond acceptors (Lipinski definition) is 5. The SMILES string of the molecule is N#CC(c1ccc2c(c1)OCO2)N1CCN(C(=O)Cc2ccc(F)cc2)CC1. The van der Waals surface area contributed by atoms with E-state index in [-0.39, 0.29) is 24.9 Å². The molecule has 2 aromatic carbocycles. The van der Waals surface area contributed by atoms with Gasteiger partial charge in [0.05, 0.1) is 12.5 Å². The molecule has 0 spiro atoms. The number of rotatable bonds is 4. The van der Waals surface area contributed by atoms with E-state index in [4.69, 9.17) is 9.47 Å². The zero-order valence-corrected chi connectivity index (χ0v) is 15.3. The lowest BCUT2D eigenvalue weighted by Gasteiger charge is -2.37. The van der Waals surface area contributed by atoms with E-state index < -0.39 is 6.04 Å². The van der Waals surface area contributed by atoms with Gasteiger partial charge in [0.1, 0.15) is 11.9 Å². The first-order chi connectivity index (χ1) is 13.6. The zero-order valence-electron chi connectivity index (χ0n) is 15.3. The molecule has 0 saturated carbocycles. The molecule has 1 saturated heterocycles. The number of piperazine rings is 1. The number of ether oxygens (including phenoxy) is 2. The highest BCUT2D eigenvalue weighted by molar-refractivity contribution is 5.78. The summed E-state index contributed by atoms with van der Waals surface area (Å²) >= 11 is 0. The Kier molecular flexibility index (Phi) is 5.13. The van der Waals surface area contributed by atoms with Crippen LogP contribution in [-0.2, 0) is 11.2 Å². The standard InChI is InChI=1S/C21H20FN3O3/c22-17-4-1-15(2-5-17)11-21(26)25-9-7-24(8-10-25)18(13-23)16-3-6-19-20(12-16)28-14-27-19/h1-6,12,18H,7-11,14H2. The minimum Gasteiger partial charge on any atom is -0.454 e. The van der Waals surface area contributed by atoms with Crippen LogP contribution in [0.4, 0.5) is 4.39 Å². The van der Waals surface area contributed by atoms with E-state index in [0.717, 1.165) is 11.1 Å². The molecule has 1 unspecified atom stereocenters. The Bertz CT molecular complexity index is 902. The summed E-state index contributed by atoms with van der Waals surface area (Å²) in [6, 6.07) is 13.5. The molecule has 1 amide bonds. The Labute approximate surface area is 162 Å². The number of amides is 1. The highest BCUT2D eigenvalue weighted by Gasteiger charge is 2.28. The van der Waals surface area contributed by atoms with E-state index >= 15 is 0 Å². The number of hydrogen-bond donors (Lipinski definition) is 0. The molecule has 2 aliphatic heterocycles. The van der Waals surface area contributed by atoms with Crippen LogP contribution in [0.5, 0.6) is 11.5 Å². The van der Waals surface area contributed by atoms with Gasteiger partial charge < -0.3 is 14.4 Å². The van der Waals surface area contributed by atoms with Crippen LogP contribution in [-0.4, -0.2) is 48.7 Å². The number of halogens is 1. The lowest BCUT2D eigenvalue weighted by atomic mass is 10.0. The van der Waals surface area contributed by atoms with Crippen LogP contribution in [0.1, 0.15) is 17.2 Å². The van der Waals surface area contributed by atoms with Gasteiger partial charge in [-0.3, -0.25) is 9.69 Å². The molecule has 2 aliphatic rings. The Morgan fingerprint density at radius 2 is 1.79 bits per heavy atom. The fourth-order valence-corrected chi connectivity index (χ4v) is 3.57. The van der Waals surface area contributed by atoms with Crippen molar-refractivity contribution < 1.29 is 18.7 Å². The van der Waals surface area contributed by atoms with Crippen LogP contribution in [0.25, 0.3) is 0 Å². The average Bonchev–Trinajstić information content (AvgIpc) is 3.19. The minimum atomic E-state index is -0.399. The van der Waals surface area contributed by atoms with Gasteiger partial charge in [-0.2, -0.15) is 5.26 Å². The largest absolute Gasteiger partial charge is 0.454 e. The quantitative estimate of drug-likeness (QED) is 0.814. The Morgan fingerprint density at radius 3 is 2.50 bits per heavy atom. The summed E-state index contributed by atoms with van der Waals surface area (Å²) in [6.45, 7) is 2.54. The summed E-state index contributed by atoms with van der Waals surface area (Å²) in [5.74, 6) is 1.06. The normalized spacial score (nSPS) is 17.2. The van der Waals surface area contributed by atoms with Crippen molar-refractivity contribution in [3.8, 4) is 17.6 Å². The van der Waals surface area contributed by atoms with Crippen LogP contribution in [0.15, 0.2) is 42.5 Å². The maximum atomic E-state index is 13.0. The van der Waals surface area contributed by atoms with Crippen molar-refractivity contribution in [3.63, 3.8) is 0 Å². The van der Waals surface area contributed by atoms with Crippen LogP contribution >= 0.6 is 0 Å². The molecule has 6 nitrogen and oxygen atoms in total. The number of nitrogens with zero attached hydrogens (tertiary/aromatic N) is 3. The van der Waals surface area contributed by atoms with Gasteiger partial charge in [0.25, 0.3) is 0 Å². The number of nitriles is 1. The van der Waals surface area contributed by atoms with Crippen molar-refractivity contribution in [1.82, 2.24) is 9.80 Å². The number of fused-ring (bicyclic) bond motifs is 1. The molecule has 0 aliphatic carbocycles.